The molecule has 0 saturated heterocycles. The van der Waals surface area contributed by atoms with E-state index >= 15 is 0 Å². The molecule has 1 heterocycles. The average molecular weight is 340 g/mol. The first kappa shape index (κ1) is 16.7. The predicted molar refractivity (Wildman–Crippen MR) is 88.1 cm³/mol. The molecule has 0 spiro atoms. The first-order valence-electron chi connectivity index (χ1n) is 6.79. The van der Waals surface area contributed by atoms with Crippen LogP contribution in [0.25, 0.3) is 0 Å². The number of carbonyl (C=O) groups is 1. The van der Waals surface area contributed by atoms with Crippen LogP contribution in [0, 0.1) is 6.92 Å². The number of carbonyl (C=O) groups excluding carboxylic acids is 1. The fourth-order valence-corrected chi connectivity index (χ4v) is 3.01. The molecule has 0 unspecified atom stereocenters. The summed E-state index contributed by atoms with van der Waals surface area (Å²) in [6.45, 7) is 3.98. The van der Waals surface area contributed by atoms with E-state index in [-0.39, 0.29) is 12.6 Å². The van der Waals surface area contributed by atoms with Gasteiger partial charge in [-0.1, -0.05) is 29.8 Å². The van der Waals surface area contributed by atoms with Gasteiger partial charge in [0.25, 0.3) is 0 Å². The van der Waals surface area contributed by atoms with Crippen molar-refractivity contribution in [3.8, 4) is 0 Å². The topological polar surface area (TPSA) is 74.2 Å². The third-order valence-electron chi connectivity index (χ3n) is 3.12. The monoisotopic (exact) mass is 339 g/mol. The first-order chi connectivity index (χ1) is 10.4. The Morgan fingerprint density at radius 3 is 2.77 bits per heavy atom. The Labute approximate surface area is 138 Å². The van der Waals surface area contributed by atoms with Crippen LogP contribution in [-0.4, -0.2) is 22.7 Å². The summed E-state index contributed by atoms with van der Waals surface area (Å²) in [5, 5.41) is 17.1. The second kappa shape index (κ2) is 7.09. The number of benzene rings is 1. The number of aromatic nitrogens is 1. The standard InChI is InChI=1S/C15H18ClN3O2S/c1-10-7-17-13(22-10)8-18-14(20)19-9-15(2,21)11-5-3-4-6-12(11)16/h3-7,21H,8-9H2,1-2H3,(H2,18,19,20)/t15-/m0/s1. The van der Waals surface area contributed by atoms with Gasteiger partial charge in [-0.15, -0.1) is 11.3 Å². The van der Waals surface area contributed by atoms with Crippen LogP contribution in [0.5, 0.6) is 0 Å². The van der Waals surface area contributed by atoms with Crippen LogP contribution in [0.1, 0.15) is 22.4 Å². The zero-order valence-corrected chi connectivity index (χ0v) is 14.0. The van der Waals surface area contributed by atoms with Gasteiger partial charge >= 0.3 is 6.03 Å². The van der Waals surface area contributed by atoms with Crippen LogP contribution in [0.4, 0.5) is 4.79 Å². The molecular formula is C15H18ClN3O2S. The highest BCUT2D eigenvalue weighted by Crippen LogP contribution is 2.27. The number of nitrogens with zero attached hydrogens (tertiary/aromatic N) is 1. The van der Waals surface area contributed by atoms with E-state index in [0.717, 1.165) is 9.88 Å². The molecule has 22 heavy (non-hydrogen) atoms. The first-order valence-corrected chi connectivity index (χ1v) is 7.98. The number of hydrogen-bond acceptors (Lipinski definition) is 4. The molecule has 0 aliphatic carbocycles. The quantitative estimate of drug-likeness (QED) is 0.784. The number of aliphatic hydroxyl groups is 1. The lowest BCUT2D eigenvalue weighted by atomic mass is 9.96. The van der Waals surface area contributed by atoms with E-state index in [1.807, 2.05) is 6.92 Å². The number of amides is 2. The Morgan fingerprint density at radius 1 is 1.41 bits per heavy atom. The van der Waals surface area contributed by atoms with Gasteiger partial charge in [0.15, 0.2) is 0 Å². The molecule has 3 N–H and O–H groups in total. The molecule has 0 bridgehead atoms. The lowest BCUT2D eigenvalue weighted by molar-refractivity contribution is 0.0595. The SMILES string of the molecule is Cc1cnc(CNC(=O)NC[C@](C)(O)c2ccccc2Cl)s1. The van der Waals surface area contributed by atoms with E-state index < -0.39 is 5.60 Å². The number of halogens is 1. The molecule has 118 valence electrons. The highest BCUT2D eigenvalue weighted by molar-refractivity contribution is 7.11. The highest BCUT2D eigenvalue weighted by Gasteiger charge is 2.26. The minimum atomic E-state index is -1.24. The Balaban J connectivity index is 1.86. The van der Waals surface area contributed by atoms with Crippen LogP contribution >= 0.6 is 22.9 Å². The molecule has 2 aromatic rings. The number of urea groups is 1. The Bertz CT molecular complexity index is 658. The molecule has 0 fully saturated rings. The summed E-state index contributed by atoms with van der Waals surface area (Å²) in [4.78, 5) is 17.1. The van der Waals surface area contributed by atoms with Crippen molar-refractivity contribution in [2.45, 2.75) is 26.0 Å². The van der Waals surface area contributed by atoms with Gasteiger partial charge in [-0.2, -0.15) is 0 Å². The largest absolute Gasteiger partial charge is 0.384 e. The number of rotatable bonds is 5. The van der Waals surface area contributed by atoms with Crippen molar-refractivity contribution in [2.75, 3.05) is 6.54 Å². The van der Waals surface area contributed by atoms with Crippen molar-refractivity contribution in [2.24, 2.45) is 0 Å². The van der Waals surface area contributed by atoms with Gasteiger partial charge in [0, 0.05) is 21.7 Å². The summed E-state index contributed by atoms with van der Waals surface area (Å²) in [5.74, 6) is 0. The van der Waals surface area contributed by atoms with Crippen molar-refractivity contribution in [3.05, 3.63) is 50.9 Å². The summed E-state index contributed by atoms with van der Waals surface area (Å²) in [6.07, 6.45) is 1.77. The minimum Gasteiger partial charge on any atom is -0.384 e. The third kappa shape index (κ3) is 4.43. The van der Waals surface area contributed by atoms with Gasteiger partial charge in [-0.3, -0.25) is 0 Å². The van der Waals surface area contributed by atoms with E-state index in [1.54, 1.807) is 37.4 Å². The molecule has 2 rings (SSSR count). The Hall–Kier alpha value is -1.63. The summed E-state index contributed by atoms with van der Waals surface area (Å²) in [5.41, 5.74) is -0.666. The minimum absolute atomic E-state index is 0.0550. The third-order valence-corrected chi connectivity index (χ3v) is 4.36. The molecule has 0 aliphatic rings. The van der Waals surface area contributed by atoms with Crippen molar-refractivity contribution in [3.63, 3.8) is 0 Å². The second-order valence-electron chi connectivity index (χ2n) is 5.15. The number of aryl methyl sites for hydroxylation is 1. The molecule has 1 aromatic carbocycles. The van der Waals surface area contributed by atoms with Gasteiger partial charge in [0.2, 0.25) is 0 Å². The maximum atomic E-state index is 11.8. The molecule has 1 aromatic heterocycles. The van der Waals surface area contributed by atoms with Gasteiger partial charge in [-0.05, 0) is 19.9 Å². The van der Waals surface area contributed by atoms with E-state index in [2.05, 4.69) is 15.6 Å². The summed E-state index contributed by atoms with van der Waals surface area (Å²) >= 11 is 7.60. The molecule has 0 aliphatic heterocycles. The fraction of sp³-hybridized carbons (Fsp3) is 0.333. The molecule has 5 nitrogen and oxygen atoms in total. The van der Waals surface area contributed by atoms with Crippen LogP contribution in [-0.2, 0) is 12.1 Å². The number of thiazole rings is 1. The van der Waals surface area contributed by atoms with Crippen LogP contribution in [0.3, 0.4) is 0 Å². The van der Waals surface area contributed by atoms with Gasteiger partial charge in [-0.25, -0.2) is 9.78 Å². The maximum absolute atomic E-state index is 11.8. The van der Waals surface area contributed by atoms with E-state index in [4.69, 9.17) is 11.6 Å². The second-order valence-corrected chi connectivity index (χ2v) is 6.88. The molecule has 2 amide bonds. The Morgan fingerprint density at radius 2 is 2.14 bits per heavy atom. The molecule has 7 heteroatoms. The van der Waals surface area contributed by atoms with Crippen molar-refractivity contribution in [1.29, 1.82) is 0 Å². The number of nitrogens with one attached hydrogen (secondary N) is 2. The summed E-state index contributed by atoms with van der Waals surface area (Å²) < 4.78 is 0. The zero-order valence-electron chi connectivity index (χ0n) is 12.4. The van der Waals surface area contributed by atoms with Crippen molar-refractivity contribution in [1.82, 2.24) is 15.6 Å². The van der Waals surface area contributed by atoms with E-state index in [0.29, 0.717) is 17.1 Å². The average Bonchev–Trinajstić information content (AvgIpc) is 2.89. The lowest BCUT2D eigenvalue weighted by Crippen LogP contribution is -2.43. The van der Waals surface area contributed by atoms with E-state index in [9.17, 15) is 9.90 Å². The van der Waals surface area contributed by atoms with Crippen LogP contribution in [0.2, 0.25) is 5.02 Å². The number of hydrogen-bond donors (Lipinski definition) is 3. The smallest absolute Gasteiger partial charge is 0.315 e. The van der Waals surface area contributed by atoms with Crippen LogP contribution < -0.4 is 10.6 Å². The van der Waals surface area contributed by atoms with Crippen molar-refractivity contribution < 1.29 is 9.90 Å². The molecule has 0 radical (unpaired) electrons. The predicted octanol–water partition coefficient (Wildman–Crippen LogP) is 2.81. The normalized spacial score (nSPS) is 13.5. The van der Waals surface area contributed by atoms with Gasteiger partial charge in [0.05, 0.1) is 13.1 Å². The zero-order chi connectivity index (χ0) is 16.2. The molecule has 0 saturated carbocycles. The van der Waals surface area contributed by atoms with Gasteiger partial charge < -0.3 is 15.7 Å². The molecule has 1 atom stereocenters. The van der Waals surface area contributed by atoms with Crippen LogP contribution in [0.15, 0.2) is 30.5 Å². The van der Waals surface area contributed by atoms with Crippen molar-refractivity contribution >= 4 is 29.0 Å². The Kier molecular flexibility index (Phi) is 5.39. The molecular weight excluding hydrogens is 322 g/mol. The fourth-order valence-electron chi connectivity index (χ4n) is 1.95. The summed E-state index contributed by atoms with van der Waals surface area (Å²) in [7, 11) is 0. The van der Waals surface area contributed by atoms with Gasteiger partial charge in [0.1, 0.15) is 10.6 Å². The lowest BCUT2D eigenvalue weighted by Gasteiger charge is -2.25. The van der Waals surface area contributed by atoms with E-state index in [1.165, 1.54) is 11.3 Å². The summed E-state index contributed by atoms with van der Waals surface area (Å²) in [6, 6.07) is 6.66. The maximum Gasteiger partial charge on any atom is 0.315 e. The highest BCUT2D eigenvalue weighted by atomic mass is 35.5.